The van der Waals surface area contributed by atoms with E-state index < -0.39 is 26.5 Å². The van der Waals surface area contributed by atoms with Crippen molar-refractivity contribution in [3.05, 3.63) is 0 Å². The van der Waals surface area contributed by atoms with E-state index in [1.807, 2.05) is 0 Å². The standard InChI is InChI=1S/C73H146NO8P/c1-3-5-7-9-11-13-15-17-19-21-23-25-27-29-31-32-33-34-35-36-37-38-39-40-42-44-46-48-50-52-54-56-58-60-62-64-66-73(76)82-71(70-81-83(77,78)80-68-67-74)69-79-72(75)65-63-61-59-57-55-53-51-49-47-45-43-41-30-28-26-24-22-20-18-16-14-12-10-8-6-4-2/h71H,3-70,74H2,1-2H3,(H,77,78). The molecule has 0 rings (SSSR count). The van der Waals surface area contributed by atoms with E-state index in [0.29, 0.717) is 12.8 Å². The number of phosphoric ester groups is 1. The van der Waals surface area contributed by atoms with Crippen molar-refractivity contribution >= 4 is 19.8 Å². The molecular weight excluding hydrogens is 1050 g/mol. The molecule has 0 heterocycles. The maximum atomic E-state index is 12.8. The molecule has 2 unspecified atom stereocenters. The molecule has 2 atom stereocenters. The van der Waals surface area contributed by atoms with Crippen LogP contribution in [0, 0.1) is 0 Å². The highest BCUT2D eigenvalue weighted by Gasteiger charge is 2.26. The molecule has 9 nitrogen and oxygen atoms in total. The highest BCUT2D eigenvalue weighted by atomic mass is 31.2. The number of hydrogen-bond acceptors (Lipinski definition) is 8. The number of unbranched alkanes of at least 4 members (excludes halogenated alkanes) is 60. The van der Waals surface area contributed by atoms with Crippen LogP contribution in [0.25, 0.3) is 0 Å². The van der Waals surface area contributed by atoms with Gasteiger partial charge in [0.05, 0.1) is 13.2 Å². The van der Waals surface area contributed by atoms with Gasteiger partial charge in [0.15, 0.2) is 6.10 Å². The Hall–Kier alpha value is -0.990. The summed E-state index contributed by atoms with van der Waals surface area (Å²) in [6.45, 7) is 3.85. The van der Waals surface area contributed by atoms with Crippen LogP contribution >= 0.6 is 7.82 Å². The molecule has 0 aliphatic carbocycles. The molecule has 83 heavy (non-hydrogen) atoms. The maximum absolute atomic E-state index is 12.8. The predicted molar refractivity (Wildman–Crippen MR) is 358 cm³/mol. The number of esters is 2. The van der Waals surface area contributed by atoms with Gasteiger partial charge in [-0.1, -0.05) is 399 Å². The molecule has 0 saturated carbocycles. The third-order valence-corrected chi connectivity index (χ3v) is 18.5. The van der Waals surface area contributed by atoms with Gasteiger partial charge in [-0.25, -0.2) is 4.57 Å². The Kier molecular flexibility index (Phi) is 69.3. The van der Waals surface area contributed by atoms with Crippen molar-refractivity contribution in [3.63, 3.8) is 0 Å². The van der Waals surface area contributed by atoms with Crippen LogP contribution in [-0.4, -0.2) is 49.3 Å². The third-order valence-electron chi connectivity index (χ3n) is 17.5. The van der Waals surface area contributed by atoms with Crippen molar-refractivity contribution in [2.75, 3.05) is 26.4 Å². The molecule has 3 N–H and O–H groups in total. The average Bonchev–Trinajstić information content (AvgIpc) is 3.49. The normalized spacial score (nSPS) is 12.8. The first-order valence-corrected chi connectivity index (χ1v) is 39.0. The van der Waals surface area contributed by atoms with Crippen molar-refractivity contribution in [1.29, 1.82) is 0 Å². The van der Waals surface area contributed by atoms with Crippen LogP contribution in [0.3, 0.4) is 0 Å². The fourth-order valence-electron chi connectivity index (χ4n) is 11.9. The first kappa shape index (κ1) is 82.0. The predicted octanol–water partition coefficient (Wildman–Crippen LogP) is 24.5. The van der Waals surface area contributed by atoms with E-state index >= 15 is 0 Å². The SMILES string of the molecule is CCCCCCCCCCCCCCCCCCCCCCCCCCCCCCCCCCCCCCC(=O)OC(COC(=O)CCCCCCCCCCCCCCCCCCCCCCCCCCCC)COP(=O)(O)OCCN. The summed E-state index contributed by atoms with van der Waals surface area (Å²) in [5.74, 6) is -0.796. The molecule has 10 heteroatoms. The third kappa shape index (κ3) is 70.0. The second-order valence-corrected chi connectivity index (χ2v) is 27.3. The van der Waals surface area contributed by atoms with Crippen LogP contribution in [0.1, 0.15) is 425 Å². The van der Waals surface area contributed by atoms with Crippen LogP contribution in [0.5, 0.6) is 0 Å². The number of carbonyl (C=O) groups excluding carboxylic acids is 2. The molecule has 0 fully saturated rings. The Balaban J connectivity index is 3.74. The molecule has 0 aromatic carbocycles. The lowest BCUT2D eigenvalue weighted by molar-refractivity contribution is -0.161. The van der Waals surface area contributed by atoms with Crippen LogP contribution in [-0.2, 0) is 32.7 Å². The average molecular weight is 1200 g/mol. The zero-order chi connectivity index (χ0) is 60.1. The Morgan fingerprint density at radius 1 is 0.313 bits per heavy atom. The summed E-state index contributed by atoms with van der Waals surface area (Å²) in [5, 5.41) is 0. The lowest BCUT2D eigenvalue weighted by Crippen LogP contribution is -2.29. The molecule has 496 valence electrons. The minimum Gasteiger partial charge on any atom is -0.462 e. The van der Waals surface area contributed by atoms with E-state index in [4.69, 9.17) is 24.3 Å². The minimum atomic E-state index is -4.39. The quantitative estimate of drug-likeness (QED) is 0.0347. The Labute approximate surface area is 517 Å². The minimum absolute atomic E-state index is 0.0589. The number of carbonyl (C=O) groups is 2. The van der Waals surface area contributed by atoms with E-state index in [1.165, 1.54) is 360 Å². The zero-order valence-electron chi connectivity index (χ0n) is 56.0. The highest BCUT2D eigenvalue weighted by Crippen LogP contribution is 2.43. The van der Waals surface area contributed by atoms with Crippen LogP contribution < -0.4 is 5.73 Å². The topological polar surface area (TPSA) is 134 Å². The summed E-state index contributed by atoms with van der Waals surface area (Å²) < 4.78 is 33.2. The smallest absolute Gasteiger partial charge is 0.462 e. The van der Waals surface area contributed by atoms with E-state index in [1.54, 1.807) is 0 Å². The first-order valence-electron chi connectivity index (χ1n) is 37.5. The summed E-state index contributed by atoms with van der Waals surface area (Å²) in [7, 11) is -4.39. The van der Waals surface area contributed by atoms with Crippen LogP contribution in [0.2, 0.25) is 0 Å². The lowest BCUT2D eigenvalue weighted by Gasteiger charge is -2.19. The van der Waals surface area contributed by atoms with Gasteiger partial charge in [0, 0.05) is 19.4 Å². The maximum Gasteiger partial charge on any atom is 0.472 e. The molecule has 0 aromatic rings. The second-order valence-electron chi connectivity index (χ2n) is 25.9. The van der Waals surface area contributed by atoms with Gasteiger partial charge in [0.25, 0.3) is 0 Å². The van der Waals surface area contributed by atoms with Crippen LogP contribution in [0.4, 0.5) is 0 Å². The summed E-state index contributed by atoms with van der Waals surface area (Å²) in [6.07, 6.45) is 83.8. The number of hydrogen-bond donors (Lipinski definition) is 2. The van der Waals surface area contributed by atoms with Gasteiger partial charge in [-0.05, 0) is 12.8 Å². The largest absolute Gasteiger partial charge is 0.472 e. The molecule has 0 aromatic heterocycles. The van der Waals surface area contributed by atoms with Gasteiger partial charge < -0.3 is 20.1 Å². The highest BCUT2D eigenvalue weighted by molar-refractivity contribution is 7.47. The Bertz CT molecular complexity index is 1320. The fourth-order valence-corrected chi connectivity index (χ4v) is 12.7. The number of ether oxygens (including phenoxy) is 2. The summed E-state index contributed by atoms with van der Waals surface area (Å²) in [5.41, 5.74) is 5.41. The molecule has 0 aliphatic rings. The van der Waals surface area contributed by atoms with Crippen molar-refractivity contribution < 1.29 is 37.6 Å². The molecule has 0 aliphatic heterocycles. The molecule has 0 radical (unpaired) electrons. The van der Waals surface area contributed by atoms with Gasteiger partial charge in [0.2, 0.25) is 0 Å². The summed E-state index contributed by atoms with van der Waals surface area (Å²) in [6, 6.07) is 0. The van der Waals surface area contributed by atoms with E-state index in [9.17, 15) is 19.0 Å². The fraction of sp³-hybridized carbons (Fsp3) is 0.973. The van der Waals surface area contributed by atoms with Crippen molar-refractivity contribution in [1.82, 2.24) is 0 Å². The van der Waals surface area contributed by atoms with Crippen LogP contribution in [0.15, 0.2) is 0 Å². The van der Waals surface area contributed by atoms with Crippen molar-refractivity contribution in [3.8, 4) is 0 Å². The molecular formula is C73H146NO8P. The Morgan fingerprint density at radius 2 is 0.518 bits per heavy atom. The summed E-state index contributed by atoms with van der Waals surface area (Å²) in [4.78, 5) is 35.4. The van der Waals surface area contributed by atoms with Gasteiger partial charge in [-0.3, -0.25) is 18.6 Å². The van der Waals surface area contributed by atoms with E-state index in [-0.39, 0.29) is 32.1 Å². The zero-order valence-corrected chi connectivity index (χ0v) is 56.9. The number of phosphoric acid groups is 1. The van der Waals surface area contributed by atoms with E-state index in [2.05, 4.69) is 13.8 Å². The summed E-state index contributed by atoms with van der Waals surface area (Å²) >= 11 is 0. The van der Waals surface area contributed by atoms with Gasteiger partial charge >= 0.3 is 19.8 Å². The molecule has 0 spiro atoms. The number of nitrogens with two attached hydrogens (primary N) is 1. The number of rotatable bonds is 73. The molecule has 0 bridgehead atoms. The molecule has 0 saturated heterocycles. The Morgan fingerprint density at radius 3 is 0.735 bits per heavy atom. The van der Waals surface area contributed by atoms with Gasteiger partial charge in [0.1, 0.15) is 6.61 Å². The van der Waals surface area contributed by atoms with Gasteiger partial charge in [-0.2, -0.15) is 0 Å². The second kappa shape index (κ2) is 70.1. The monoisotopic (exact) mass is 1200 g/mol. The lowest BCUT2D eigenvalue weighted by atomic mass is 10.0. The van der Waals surface area contributed by atoms with Gasteiger partial charge in [-0.15, -0.1) is 0 Å². The van der Waals surface area contributed by atoms with Crippen molar-refractivity contribution in [2.24, 2.45) is 5.73 Å². The van der Waals surface area contributed by atoms with Crippen molar-refractivity contribution in [2.45, 2.75) is 431 Å². The van der Waals surface area contributed by atoms with E-state index in [0.717, 1.165) is 32.1 Å². The molecule has 0 amide bonds. The first-order chi connectivity index (χ1) is 40.8.